The second-order valence-electron chi connectivity index (χ2n) is 5.82. The van der Waals surface area contributed by atoms with E-state index in [1.165, 1.54) is 0 Å². The van der Waals surface area contributed by atoms with Crippen molar-refractivity contribution in [2.75, 3.05) is 18.1 Å². The molecular weight excluding hydrogens is 290 g/mol. The molecule has 2 aromatic rings. The third kappa shape index (κ3) is 3.54. The number of carbonyl (C=O) groups is 1. The molecule has 0 spiro atoms. The molecule has 0 saturated heterocycles. The van der Waals surface area contributed by atoms with Crippen molar-refractivity contribution in [3.05, 3.63) is 59.7 Å². The molecule has 0 saturated carbocycles. The number of hydrogen-bond donors (Lipinski definition) is 1. The molecule has 0 aliphatic carbocycles. The molecule has 0 radical (unpaired) electrons. The molecule has 0 aromatic heterocycles. The van der Waals surface area contributed by atoms with Gasteiger partial charge in [0.25, 0.3) is 0 Å². The maximum Gasteiger partial charge on any atom is 0.230 e. The molecule has 120 valence electrons. The lowest BCUT2D eigenvalue weighted by Gasteiger charge is -2.32. The van der Waals surface area contributed by atoms with E-state index in [1.54, 1.807) is 4.90 Å². The molecule has 4 nitrogen and oxygen atoms in total. The number of ether oxygens (including phenoxy) is 1. The molecule has 1 N–H and O–H groups in total. The number of aryl methyl sites for hydroxylation is 1. The zero-order valence-corrected chi connectivity index (χ0v) is 13.2. The molecule has 0 fully saturated rings. The lowest BCUT2D eigenvalue weighted by atomic mass is 9.96. The quantitative estimate of drug-likeness (QED) is 0.943. The van der Waals surface area contributed by atoms with Gasteiger partial charge in [0, 0.05) is 17.8 Å². The summed E-state index contributed by atoms with van der Waals surface area (Å²) in [6, 6.07) is 15.3. The number of benzene rings is 2. The van der Waals surface area contributed by atoms with E-state index in [1.807, 2.05) is 55.5 Å². The maximum absolute atomic E-state index is 12.5. The number of fused-ring (bicyclic) bond motifs is 1. The fourth-order valence-electron chi connectivity index (χ4n) is 2.88. The largest absolute Gasteiger partial charge is 0.493 e. The second-order valence-corrected chi connectivity index (χ2v) is 5.82. The standard InChI is InChI=1S/C19H21NO3/c1-14-7-8-17-16(13-14)18(21)9-11-20(17)19(22)10-12-23-15-5-3-2-4-6-15/h2-8,13,18,21H,9-12H2,1H3. The molecule has 2 aromatic carbocycles. The Bertz CT molecular complexity index is 684. The van der Waals surface area contributed by atoms with E-state index >= 15 is 0 Å². The number of aliphatic hydroxyl groups is 1. The molecule has 1 heterocycles. The van der Waals surface area contributed by atoms with Crippen molar-refractivity contribution < 1.29 is 14.6 Å². The van der Waals surface area contributed by atoms with E-state index in [0.717, 1.165) is 22.6 Å². The summed E-state index contributed by atoms with van der Waals surface area (Å²) in [5.41, 5.74) is 2.75. The first-order valence-corrected chi connectivity index (χ1v) is 7.92. The van der Waals surface area contributed by atoms with Gasteiger partial charge in [-0.15, -0.1) is 0 Å². The fraction of sp³-hybridized carbons (Fsp3) is 0.316. The van der Waals surface area contributed by atoms with Crippen LogP contribution in [0, 0.1) is 6.92 Å². The van der Waals surface area contributed by atoms with Crippen LogP contribution in [0.3, 0.4) is 0 Å². The van der Waals surface area contributed by atoms with Crippen molar-refractivity contribution in [2.45, 2.75) is 25.9 Å². The van der Waals surface area contributed by atoms with E-state index < -0.39 is 6.10 Å². The minimum atomic E-state index is -0.491. The molecule has 23 heavy (non-hydrogen) atoms. The zero-order chi connectivity index (χ0) is 16.2. The van der Waals surface area contributed by atoms with Gasteiger partial charge in [-0.25, -0.2) is 0 Å². The van der Waals surface area contributed by atoms with Gasteiger partial charge in [-0.2, -0.15) is 0 Å². The number of nitrogens with zero attached hydrogens (tertiary/aromatic N) is 1. The minimum absolute atomic E-state index is 0.0259. The first-order valence-electron chi connectivity index (χ1n) is 7.92. The second kappa shape index (κ2) is 6.84. The van der Waals surface area contributed by atoms with Gasteiger partial charge in [0.2, 0.25) is 5.91 Å². The van der Waals surface area contributed by atoms with Gasteiger partial charge in [0.15, 0.2) is 0 Å². The Labute approximate surface area is 136 Å². The molecule has 1 aliphatic rings. The van der Waals surface area contributed by atoms with Gasteiger partial charge in [-0.1, -0.05) is 35.9 Å². The Hall–Kier alpha value is -2.33. The van der Waals surface area contributed by atoms with Crippen molar-refractivity contribution >= 4 is 11.6 Å². The number of rotatable bonds is 4. The van der Waals surface area contributed by atoms with Crippen LogP contribution in [-0.2, 0) is 4.79 Å². The lowest BCUT2D eigenvalue weighted by molar-refractivity contribution is -0.119. The first kappa shape index (κ1) is 15.6. The van der Waals surface area contributed by atoms with Gasteiger partial charge in [0.1, 0.15) is 5.75 Å². The Kier molecular flexibility index (Phi) is 4.63. The van der Waals surface area contributed by atoms with Crippen LogP contribution in [0.15, 0.2) is 48.5 Å². The van der Waals surface area contributed by atoms with Gasteiger partial charge >= 0.3 is 0 Å². The number of para-hydroxylation sites is 1. The highest BCUT2D eigenvalue weighted by Crippen LogP contribution is 2.34. The van der Waals surface area contributed by atoms with Crippen LogP contribution in [0.1, 0.15) is 30.1 Å². The van der Waals surface area contributed by atoms with Crippen LogP contribution in [-0.4, -0.2) is 24.2 Å². The molecule has 3 rings (SSSR count). The number of anilines is 1. The monoisotopic (exact) mass is 311 g/mol. The van der Waals surface area contributed by atoms with Crippen LogP contribution in [0.25, 0.3) is 0 Å². The SMILES string of the molecule is Cc1ccc2c(c1)C(O)CCN2C(=O)CCOc1ccccc1. The summed E-state index contributed by atoms with van der Waals surface area (Å²) in [5.74, 6) is 0.795. The van der Waals surface area contributed by atoms with Gasteiger partial charge in [-0.3, -0.25) is 4.79 Å². The number of carbonyl (C=O) groups excluding carboxylic acids is 1. The van der Waals surface area contributed by atoms with Crippen molar-refractivity contribution in [3.8, 4) is 5.75 Å². The summed E-state index contributed by atoms with van der Waals surface area (Å²) in [5, 5.41) is 10.1. The van der Waals surface area contributed by atoms with E-state index in [9.17, 15) is 9.90 Å². The Morgan fingerprint density at radius 1 is 1.26 bits per heavy atom. The van der Waals surface area contributed by atoms with Gasteiger partial charge in [0.05, 0.1) is 19.1 Å². The van der Waals surface area contributed by atoms with E-state index in [2.05, 4.69) is 0 Å². The normalized spacial score (nSPS) is 16.8. The number of amides is 1. The number of hydrogen-bond acceptors (Lipinski definition) is 3. The summed E-state index contributed by atoms with van der Waals surface area (Å²) in [6.07, 6.45) is 0.398. The lowest BCUT2D eigenvalue weighted by Crippen LogP contribution is -2.37. The average molecular weight is 311 g/mol. The third-order valence-corrected chi connectivity index (χ3v) is 4.09. The van der Waals surface area contributed by atoms with Crippen LogP contribution >= 0.6 is 0 Å². The number of aliphatic hydroxyl groups excluding tert-OH is 1. The molecular formula is C19H21NO3. The van der Waals surface area contributed by atoms with Crippen LogP contribution in [0.4, 0.5) is 5.69 Å². The topological polar surface area (TPSA) is 49.8 Å². The van der Waals surface area contributed by atoms with Gasteiger partial charge in [-0.05, 0) is 31.5 Å². The molecule has 1 unspecified atom stereocenters. The summed E-state index contributed by atoms with van der Waals surface area (Å²) in [4.78, 5) is 14.3. The average Bonchev–Trinajstić information content (AvgIpc) is 2.56. The maximum atomic E-state index is 12.5. The minimum Gasteiger partial charge on any atom is -0.493 e. The van der Waals surface area contributed by atoms with Crippen molar-refractivity contribution in [1.29, 1.82) is 0 Å². The summed E-state index contributed by atoms with van der Waals surface area (Å²) >= 11 is 0. The smallest absolute Gasteiger partial charge is 0.230 e. The van der Waals surface area contributed by atoms with E-state index in [-0.39, 0.29) is 5.91 Å². The first-order chi connectivity index (χ1) is 11.1. The molecule has 1 amide bonds. The summed E-state index contributed by atoms with van der Waals surface area (Å²) < 4.78 is 5.60. The zero-order valence-electron chi connectivity index (χ0n) is 13.2. The summed E-state index contributed by atoms with van der Waals surface area (Å²) in [7, 11) is 0. The van der Waals surface area contributed by atoms with Crippen molar-refractivity contribution in [1.82, 2.24) is 0 Å². The highest BCUT2D eigenvalue weighted by Gasteiger charge is 2.27. The third-order valence-electron chi connectivity index (χ3n) is 4.09. The van der Waals surface area contributed by atoms with Gasteiger partial charge < -0.3 is 14.7 Å². The molecule has 1 atom stereocenters. The highest BCUT2D eigenvalue weighted by molar-refractivity contribution is 5.94. The van der Waals surface area contributed by atoms with E-state index in [0.29, 0.717) is 26.0 Å². The van der Waals surface area contributed by atoms with Crippen LogP contribution in [0.5, 0.6) is 5.75 Å². The Balaban J connectivity index is 1.65. The summed E-state index contributed by atoms with van der Waals surface area (Å²) in [6.45, 7) is 2.88. The van der Waals surface area contributed by atoms with Crippen molar-refractivity contribution in [3.63, 3.8) is 0 Å². The van der Waals surface area contributed by atoms with Crippen LogP contribution < -0.4 is 9.64 Å². The van der Waals surface area contributed by atoms with E-state index in [4.69, 9.17) is 4.74 Å². The highest BCUT2D eigenvalue weighted by atomic mass is 16.5. The molecule has 0 bridgehead atoms. The Morgan fingerprint density at radius 2 is 2.04 bits per heavy atom. The molecule has 1 aliphatic heterocycles. The van der Waals surface area contributed by atoms with Crippen LogP contribution in [0.2, 0.25) is 0 Å². The Morgan fingerprint density at radius 3 is 2.83 bits per heavy atom. The van der Waals surface area contributed by atoms with Crippen molar-refractivity contribution in [2.24, 2.45) is 0 Å². The predicted molar refractivity (Wildman–Crippen MR) is 89.7 cm³/mol. The fourth-order valence-corrected chi connectivity index (χ4v) is 2.88. The molecule has 4 heteroatoms. The predicted octanol–water partition coefficient (Wildman–Crippen LogP) is 3.23.